The van der Waals surface area contributed by atoms with Crippen molar-refractivity contribution >= 4 is 17.7 Å². The van der Waals surface area contributed by atoms with Gasteiger partial charge in [-0.15, -0.1) is 0 Å². The van der Waals surface area contributed by atoms with Crippen molar-refractivity contribution in [2.24, 2.45) is 29.1 Å². The Morgan fingerprint density at radius 1 is 0.690 bits per heavy atom. The number of aliphatic hydroxyl groups is 3. The maximum atomic E-state index is 13.8. The molecule has 332 valence electrons. The van der Waals surface area contributed by atoms with E-state index in [1.54, 1.807) is 13.0 Å². The highest BCUT2D eigenvalue weighted by molar-refractivity contribution is 6.04. The summed E-state index contributed by atoms with van der Waals surface area (Å²) in [5.41, 5.74) is -4.73. The third kappa shape index (κ3) is 11.1. The Bertz CT molecular complexity index is 1380. The van der Waals surface area contributed by atoms with Gasteiger partial charge in [-0.1, -0.05) is 188 Å². The van der Waals surface area contributed by atoms with Crippen LogP contribution in [0.3, 0.4) is 0 Å². The molecule has 0 bridgehead atoms. The lowest BCUT2D eigenvalue weighted by atomic mass is 9.59. The van der Waals surface area contributed by atoms with Crippen molar-refractivity contribution < 1.29 is 39.2 Å². The van der Waals surface area contributed by atoms with Gasteiger partial charge in [0.15, 0.2) is 11.4 Å². The predicted octanol–water partition coefficient (Wildman–Crippen LogP) is 11.2. The molecule has 0 amide bonds. The Balaban J connectivity index is 1.41. The van der Waals surface area contributed by atoms with Gasteiger partial charge in [0.2, 0.25) is 0 Å². The minimum atomic E-state index is -1.94. The van der Waals surface area contributed by atoms with Crippen LogP contribution in [0.5, 0.6) is 0 Å². The van der Waals surface area contributed by atoms with E-state index in [1.807, 2.05) is 26.8 Å². The Kier molecular flexibility index (Phi) is 19.0. The molecule has 8 nitrogen and oxygen atoms in total. The molecule has 0 spiro atoms. The van der Waals surface area contributed by atoms with Crippen molar-refractivity contribution in [3.8, 4) is 0 Å². The van der Waals surface area contributed by atoms with Gasteiger partial charge in [0.25, 0.3) is 0 Å². The van der Waals surface area contributed by atoms with E-state index in [9.17, 15) is 29.7 Å². The van der Waals surface area contributed by atoms with E-state index < -0.39 is 57.8 Å². The molecule has 2 fully saturated rings. The molecule has 4 rings (SSSR count). The van der Waals surface area contributed by atoms with Crippen LogP contribution < -0.4 is 0 Å². The molecule has 0 aromatic carbocycles. The first-order valence-electron chi connectivity index (χ1n) is 24.2. The summed E-state index contributed by atoms with van der Waals surface area (Å²) in [6.07, 6.45) is 31.5. The normalized spacial score (nSPS) is 30.8. The molecule has 8 atom stereocenters. The van der Waals surface area contributed by atoms with Crippen LogP contribution in [0.15, 0.2) is 23.3 Å². The van der Waals surface area contributed by atoms with Crippen LogP contribution in [0.25, 0.3) is 0 Å². The minimum absolute atomic E-state index is 0.103. The number of unbranched alkanes of at least 4 members (excludes halogenated alkanes) is 22. The molecule has 0 radical (unpaired) electrons. The van der Waals surface area contributed by atoms with E-state index in [4.69, 9.17) is 9.47 Å². The molecular formula is C50H84O8. The number of carbonyl (C=O) groups excluding carboxylic acids is 3. The zero-order chi connectivity index (χ0) is 42.4. The van der Waals surface area contributed by atoms with Crippen LogP contribution in [0, 0.1) is 29.1 Å². The Labute approximate surface area is 352 Å². The lowest BCUT2D eigenvalue weighted by molar-refractivity contribution is -0.229. The van der Waals surface area contributed by atoms with Crippen LogP contribution in [0.2, 0.25) is 0 Å². The third-order valence-corrected chi connectivity index (χ3v) is 15.0. The highest BCUT2D eigenvalue weighted by Gasteiger charge is 2.88. The molecule has 4 aliphatic carbocycles. The third-order valence-electron chi connectivity index (χ3n) is 15.0. The standard InChI is InChI=1S/C50H84O8/c1-7-9-11-13-15-17-19-20-22-24-26-28-30-32-43(53)58-50-44(47(50,5)6)40-34-39(36-51)35-48(55)41(33-37(3)45(48)54)49(40,56)38(4)46(50)57-42(52)31-29-27-25-23-21-18-16-14-12-10-8-2/h33-34,38,40-41,44,46,51,55-56H,7-32,35-36H2,1-6H3/t38-,40+,41-,44-,46-,48-,49-,50+/m1/s1. The summed E-state index contributed by atoms with van der Waals surface area (Å²) in [4.78, 5) is 41.1. The first kappa shape index (κ1) is 48.6. The van der Waals surface area contributed by atoms with Crippen LogP contribution in [-0.2, 0) is 23.9 Å². The summed E-state index contributed by atoms with van der Waals surface area (Å²) in [6.45, 7) is 11.6. The van der Waals surface area contributed by atoms with Gasteiger partial charge in [-0.25, -0.2) is 0 Å². The highest BCUT2D eigenvalue weighted by atomic mass is 16.6. The quantitative estimate of drug-likeness (QED) is 0.0387. The maximum Gasteiger partial charge on any atom is 0.306 e. The van der Waals surface area contributed by atoms with Gasteiger partial charge < -0.3 is 24.8 Å². The zero-order valence-electron chi connectivity index (χ0n) is 37.7. The molecule has 2 saturated carbocycles. The van der Waals surface area contributed by atoms with E-state index >= 15 is 0 Å². The minimum Gasteiger partial charge on any atom is -0.458 e. The van der Waals surface area contributed by atoms with Crippen LogP contribution >= 0.6 is 0 Å². The van der Waals surface area contributed by atoms with Gasteiger partial charge in [0.1, 0.15) is 11.7 Å². The van der Waals surface area contributed by atoms with Crippen molar-refractivity contribution in [1.82, 2.24) is 0 Å². The summed E-state index contributed by atoms with van der Waals surface area (Å²) < 4.78 is 13.0. The fourth-order valence-electron chi connectivity index (χ4n) is 11.5. The molecule has 0 unspecified atom stereocenters. The summed E-state index contributed by atoms with van der Waals surface area (Å²) in [5, 5.41) is 35.6. The monoisotopic (exact) mass is 813 g/mol. The zero-order valence-corrected chi connectivity index (χ0v) is 37.7. The number of ketones is 1. The summed E-state index contributed by atoms with van der Waals surface area (Å²) in [6, 6.07) is 0. The number of aliphatic hydroxyl groups excluding tert-OH is 1. The van der Waals surface area contributed by atoms with Gasteiger partial charge in [-0.2, -0.15) is 0 Å². The highest BCUT2D eigenvalue weighted by Crippen LogP contribution is 2.77. The molecule has 0 aromatic heterocycles. The predicted molar refractivity (Wildman–Crippen MR) is 232 cm³/mol. The van der Waals surface area contributed by atoms with E-state index in [0.29, 0.717) is 17.6 Å². The number of Topliss-reactive ketones (excluding diaryl/α,β-unsaturated/α-hetero) is 1. The Morgan fingerprint density at radius 2 is 1.12 bits per heavy atom. The summed E-state index contributed by atoms with van der Waals surface area (Å²) in [5.74, 6) is -4.10. The second kappa shape index (κ2) is 22.7. The number of hydrogen-bond acceptors (Lipinski definition) is 8. The lowest BCUT2D eigenvalue weighted by Gasteiger charge is -2.53. The van der Waals surface area contributed by atoms with Gasteiger partial charge in [-0.05, 0) is 30.9 Å². The first-order chi connectivity index (χ1) is 27.8. The van der Waals surface area contributed by atoms with E-state index in [0.717, 1.165) is 38.5 Å². The van der Waals surface area contributed by atoms with Crippen LogP contribution in [0.4, 0.5) is 0 Å². The number of esters is 2. The topological polar surface area (TPSA) is 130 Å². The Morgan fingerprint density at radius 3 is 1.57 bits per heavy atom. The van der Waals surface area contributed by atoms with Gasteiger partial charge >= 0.3 is 11.9 Å². The number of ether oxygens (including phenoxy) is 2. The van der Waals surface area contributed by atoms with Crippen molar-refractivity contribution in [1.29, 1.82) is 0 Å². The van der Waals surface area contributed by atoms with Crippen molar-refractivity contribution in [2.45, 2.75) is 238 Å². The lowest BCUT2D eigenvalue weighted by Crippen LogP contribution is -2.66. The second-order valence-corrected chi connectivity index (χ2v) is 19.6. The summed E-state index contributed by atoms with van der Waals surface area (Å²) >= 11 is 0. The average molecular weight is 813 g/mol. The molecule has 4 aliphatic rings. The van der Waals surface area contributed by atoms with E-state index in [2.05, 4.69) is 13.8 Å². The van der Waals surface area contributed by atoms with E-state index in [1.165, 1.54) is 109 Å². The van der Waals surface area contributed by atoms with Crippen molar-refractivity contribution in [2.75, 3.05) is 6.61 Å². The van der Waals surface area contributed by atoms with Crippen molar-refractivity contribution in [3.63, 3.8) is 0 Å². The fraction of sp³-hybridized carbons (Fsp3) is 0.860. The van der Waals surface area contributed by atoms with Crippen LogP contribution in [0.1, 0.15) is 215 Å². The van der Waals surface area contributed by atoms with Gasteiger partial charge in [-0.3, -0.25) is 14.4 Å². The van der Waals surface area contributed by atoms with Crippen molar-refractivity contribution in [3.05, 3.63) is 23.3 Å². The molecule has 0 aromatic rings. The molecule has 0 aliphatic heterocycles. The molecule has 0 heterocycles. The maximum absolute atomic E-state index is 13.8. The SMILES string of the molecule is CCCCCCCCCCCCCCCC(=O)O[C@]12[C@H](OC(=O)CCCCCCCCCCCCC)[C@@H](C)[C@@]3(O)[C@@H](C=C(CO)C[C@]4(O)C(=O)C(C)=C[C@@H]34)[C@@H]1C2(C)C. The molecule has 3 N–H and O–H groups in total. The molecule has 8 heteroatoms. The summed E-state index contributed by atoms with van der Waals surface area (Å²) in [7, 11) is 0. The molecule has 58 heavy (non-hydrogen) atoms. The fourth-order valence-corrected chi connectivity index (χ4v) is 11.5. The average Bonchev–Trinajstić information content (AvgIpc) is 3.62. The molecular weight excluding hydrogens is 729 g/mol. The van der Waals surface area contributed by atoms with Gasteiger partial charge in [0.05, 0.1) is 12.2 Å². The van der Waals surface area contributed by atoms with Crippen LogP contribution in [-0.4, -0.2) is 62.6 Å². The molecule has 0 saturated heterocycles. The van der Waals surface area contributed by atoms with Gasteiger partial charge in [0, 0.05) is 48.3 Å². The number of carbonyl (C=O) groups is 3. The number of hydrogen-bond donors (Lipinski definition) is 3. The van der Waals surface area contributed by atoms with E-state index in [-0.39, 0.29) is 37.8 Å². The number of fused-ring (bicyclic) bond motifs is 5. The number of rotatable bonds is 29. The first-order valence-corrected chi connectivity index (χ1v) is 24.2. The largest absolute Gasteiger partial charge is 0.458 e. The Hall–Kier alpha value is -2.03. The second-order valence-electron chi connectivity index (χ2n) is 19.6. The smallest absolute Gasteiger partial charge is 0.306 e.